The first-order chi connectivity index (χ1) is 12.8. The number of fused-ring (bicyclic) bond motifs is 3. The zero-order valence-electron chi connectivity index (χ0n) is 13.9. The number of hydrogen-bond acceptors (Lipinski definition) is 2. The zero-order valence-corrected chi connectivity index (χ0v) is 14.7. The van der Waals surface area contributed by atoms with Crippen LogP contribution in [0.2, 0.25) is 5.02 Å². The zero-order chi connectivity index (χ0) is 19.3. The average Bonchev–Trinajstić information content (AvgIpc) is 3.10. The summed E-state index contributed by atoms with van der Waals surface area (Å²) in [4.78, 5) is 11.6. The molecule has 1 heterocycles. The Balaban J connectivity index is 1.91. The van der Waals surface area contributed by atoms with Crippen molar-refractivity contribution < 1.29 is 23.1 Å². The Labute approximate surface area is 158 Å². The molecule has 3 atom stereocenters. The first-order valence-corrected chi connectivity index (χ1v) is 8.82. The second-order valence-corrected chi connectivity index (χ2v) is 7.16. The monoisotopic (exact) mass is 393 g/mol. The van der Waals surface area contributed by atoms with Gasteiger partial charge in [-0.15, -0.1) is 0 Å². The van der Waals surface area contributed by atoms with E-state index in [-0.39, 0.29) is 27.8 Å². The quantitative estimate of drug-likeness (QED) is 0.626. The topological polar surface area (TPSA) is 49.3 Å². The third-order valence-corrected chi connectivity index (χ3v) is 5.62. The van der Waals surface area contributed by atoms with Crippen molar-refractivity contribution >= 4 is 23.3 Å². The molecular weight excluding hydrogens is 379 g/mol. The number of rotatable bonds is 2. The molecule has 2 N–H and O–H groups in total. The Hall–Kier alpha value is -2.47. The Morgan fingerprint density at radius 2 is 1.93 bits per heavy atom. The summed E-state index contributed by atoms with van der Waals surface area (Å²) in [7, 11) is 0. The molecule has 0 amide bonds. The number of nitrogens with one attached hydrogen (secondary N) is 1. The van der Waals surface area contributed by atoms with Crippen LogP contribution in [0.25, 0.3) is 0 Å². The molecule has 2 aliphatic rings. The second-order valence-electron chi connectivity index (χ2n) is 6.75. The fourth-order valence-corrected chi connectivity index (χ4v) is 4.41. The highest BCUT2D eigenvalue weighted by Gasteiger charge is 2.45. The van der Waals surface area contributed by atoms with E-state index in [4.69, 9.17) is 11.6 Å². The molecule has 0 aromatic heterocycles. The number of allylic oxidation sites excluding steroid dienone is 2. The molecule has 0 spiro atoms. The lowest BCUT2D eigenvalue weighted by Gasteiger charge is -2.39. The Bertz CT molecular complexity index is 955. The molecule has 2 aromatic carbocycles. The van der Waals surface area contributed by atoms with Crippen molar-refractivity contribution in [2.45, 2.75) is 24.6 Å². The number of halogens is 4. The minimum absolute atomic E-state index is 0.132. The van der Waals surface area contributed by atoms with Gasteiger partial charge < -0.3 is 10.4 Å². The third kappa shape index (κ3) is 2.88. The lowest BCUT2D eigenvalue weighted by atomic mass is 9.74. The van der Waals surface area contributed by atoms with E-state index in [0.29, 0.717) is 12.0 Å². The lowest BCUT2D eigenvalue weighted by molar-refractivity contribution is -0.138. The van der Waals surface area contributed by atoms with Gasteiger partial charge in [0.05, 0.1) is 27.9 Å². The molecule has 4 rings (SSSR count). The predicted molar refractivity (Wildman–Crippen MR) is 96.2 cm³/mol. The number of benzene rings is 2. The number of carboxylic acid groups (broad SMARTS) is 1. The number of hydrogen-bond donors (Lipinski definition) is 2. The number of anilines is 1. The number of alkyl halides is 3. The Morgan fingerprint density at radius 1 is 1.19 bits per heavy atom. The Kier molecular flexibility index (Phi) is 4.18. The van der Waals surface area contributed by atoms with E-state index in [1.807, 2.05) is 6.08 Å². The summed E-state index contributed by atoms with van der Waals surface area (Å²) in [5, 5.41) is 12.8. The van der Waals surface area contributed by atoms with E-state index in [1.165, 1.54) is 12.1 Å². The molecule has 0 saturated carbocycles. The second kappa shape index (κ2) is 6.30. The summed E-state index contributed by atoms with van der Waals surface area (Å²) in [6.07, 6.45) is -0.321. The Morgan fingerprint density at radius 3 is 2.63 bits per heavy atom. The van der Waals surface area contributed by atoms with Gasteiger partial charge in [-0.25, -0.2) is 4.79 Å². The summed E-state index contributed by atoms with van der Waals surface area (Å²) < 4.78 is 40.7. The molecule has 0 unspecified atom stereocenters. The van der Waals surface area contributed by atoms with E-state index in [9.17, 15) is 23.1 Å². The van der Waals surface area contributed by atoms with Crippen molar-refractivity contribution in [3.63, 3.8) is 0 Å². The van der Waals surface area contributed by atoms with Crippen LogP contribution >= 0.6 is 11.6 Å². The van der Waals surface area contributed by atoms with Crippen molar-refractivity contribution in [3.05, 3.63) is 75.8 Å². The van der Waals surface area contributed by atoms with Gasteiger partial charge in [0.15, 0.2) is 0 Å². The van der Waals surface area contributed by atoms with Gasteiger partial charge in [0, 0.05) is 5.92 Å². The molecule has 140 valence electrons. The van der Waals surface area contributed by atoms with Crippen molar-refractivity contribution in [2.24, 2.45) is 5.92 Å². The summed E-state index contributed by atoms with van der Waals surface area (Å²) >= 11 is 6.24. The van der Waals surface area contributed by atoms with Crippen LogP contribution < -0.4 is 5.32 Å². The molecule has 0 radical (unpaired) electrons. The van der Waals surface area contributed by atoms with Crippen LogP contribution in [-0.2, 0) is 6.18 Å². The van der Waals surface area contributed by atoms with Crippen LogP contribution in [0.4, 0.5) is 18.9 Å². The van der Waals surface area contributed by atoms with E-state index in [0.717, 1.165) is 6.07 Å². The van der Waals surface area contributed by atoms with Crippen molar-refractivity contribution in [1.82, 2.24) is 0 Å². The van der Waals surface area contributed by atoms with Gasteiger partial charge >= 0.3 is 12.1 Å². The highest BCUT2D eigenvalue weighted by Crippen LogP contribution is 2.55. The fourth-order valence-electron chi connectivity index (χ4n) is 4.19. The van der Waals surface area contributed by atoms with E-state index in [1.54, 1.807) is 24.3 Å². The van der Waals surface area contributed by atoms with Gasteiger partial charge in [0.1, 0.15) is 0 Å². The summed E-state index contributed by atoms with van der Waals surface area (Å²) in [6.45, 7) is 0. The first kappa shape index (κ1) is 17.9. The maximum atomic E-state index is 13.6. The van der Waals surface area contributed by atoms with Gasteiger partial charge in [-0.1, -0.05) is 42.0 Å². The van der Waals surface area contributed by atoms with E-state index in [2.05, 4.69) is 5.32 Å². The molecule has 2 aromatic rings. The predicted octanol–water partition coefficient (Wildman–Crippen LogP) is 5.88. The highest BCUT2D eigenvalue weighted by molar-refractivity contribution is 6.33. The van der Waals surface area contributed by atoms with Gasteiger partial charge in [-0.2, -0.15) is 13.2 Å². The van der Waals surface area contributed by atoms with Crippen LogP contribution in [0.1, 0.15) is 45.4 Å². The van der Waals surface area contributed by atoms with Gasteiger partial charge in [0.2, 0.25) is 0 Å². The maximum Gasteiger partial charge on any atom is 0.416 e. The molecule has 3 nitrogen and oxygen atoms in total. The molecule has 0 saturated heterocycles. The molecule has 27 heavy (non-hydrogen) atoms. The smallest absolute Gasteiger partial charge is 0.416 e. The summed E-state index contributed by atoms with van der Waals surface area (Å²) in [5.74, 6) is -1.78. The van der Waals surface area contributed by atoms with Gasteiger partial charge in [-0.05, 0) is 41.7 Å². The molecule has 7 heteroatoms. The molecular formula is C20H15ClF3NO2. The molecule has 0 fully saturated rings. The minimum Gasteiger partial charge on any atom is -0.478 e. The maximum absolute atomic E-state index is 13.6. The molecule has 1 aliphatic heterocycles. The van der Waals surface area contributed by atoms with E-state index >= 15 is 0 Å². The van der Waals surface area contributed by atoms with Crippen LogP contribution in [0, 0.1) is 5.92 Å². The van der Waals surface area contributed by atoms with Crippen LogP contribution in [0.15, 0.2) is 48.6 Å². The van der Waals surface area contributed by atoms with Crippen molar-refractivity contribution in [3.8, 4) is 0 Å². The largest absolute Gasteiger partial charge is 0.478 e. The van der Waals surface area contributed by atoms with Crippen LogP contribution in [0.3, 0.4) is 0 Å². The lowest BCUT2D eigenvalue weighted by Crippen LogP contribution is -2.32. The van der Waals surface area contributed by atoms with E-state index < -0.39 is 29.7 Å². The fraction of sp³-hybridized carbons (Fsp3) is 0.250. The van der Waals surface area contributed by atoms with Crippen molar-refractivity contribution in [2.75, 3.05) is 5.32 Å². The normalized spacial score (nSPS) is 23.5. The summed E-state index contributed by atoms with van der Waals surface area (Å²) in [5.41, 5.74) is 0.332. The van der Waals surface area contributed by atoms with Gasteiger partial charge in [0.25, 0.3) is 0 Å². The molecule has 0 bridgehead atoms. The third-order valence-electron chi connectivity index (χ3n) is 5.30. The van der Waals surface area contributed by atoms with Crippen LogP contribution in [0.5, 0.6) is 0 Å². The standard InChI is InChI=1S/C20H15ClF3NO2/c21-15-9-8-14(20(22,23)24)16-10-6-3-7-11(10)17(25-18(15)16)12-4-1-2-5-13(12)19(26)27/h1-6,8-11,17,25H,7H2,(H,26,27)/t10-,11+,17-/m1/s1. The van der Waals surface area contributed by atoms with Gasteiger partial charge in [-0.3, -0.25) is 0 Å². The first-order valence-electron chi connectivity index (χ1n) is 8.44. The number of carbonyl (C=O) groups is 1. The van der Waals surface area contributed by atoms with Crippen molar-refractivity contribution in [1.29, 1.82) is 0 Å². The molecule has 1 aliphatic carbocycles. The number of aromatic carboxylic acids is 1. The summed E-state index contributed by atoms with van der Waals surface area (Å²) in [6, 6.07) is 8.34. The minimum atomic E-state index is -4.50. The number of carboxylic acids is 1. The highest BCUT2D eigenvalue weighted by atomic mass is 35.5. The average molecular weight is 394 g/mol. The SMILES string of the molecule is O=C(O)c1ccccc1[C@@H]1Nc2c(Cl)ccc(C(F)(F)F)c2[C@@H]2C=CC[C@@H]21. The van der Waals surface area contributed by atoms with Crippen LogP contribution in [-0.4, -0.2) is 11.1 Å².